The summed E-state index contributed by atoms with van der Waals surface area (Å²) in [6, 6.07) is 14.5. The second kappa shape index (κ2) is 5.35. The van der Waals surface area contributed by atoms with Crippen molar-refractivity contribution in [2.24, 2.45) is 0 Å². The van der Waals surface area contributed by atoms with Crippen LogP contribution >= 0.6 is 11.6 Å². The maximum Gasteiger partial charge on any atom is 0.258 e. The fourth-order valence-electron chi connectivity index (χ4n) is 1.98. The summed E-state index contributed by atoms with van der Waals surface area (Å²) < 4.78 is 1.51. The van der Waals surface area contributed by atoms with Crippen LogP contribution in [0.4, 0.5) is 5.69 Å². The van der Waals surface area contributed by atoms with E-state index in [9.17, 15) is 4.79 Å². The molecule has 1 aromatic carbocycles. The summed E-state index contributed by atoms with van der Waals surface area (Å²) in [6.45, 7) is 0.449. The van der Waals surface area contributed by atoms with Crippen molar-refractivity contribution in [3.63, 3.8) is 0 Å². The van der Waals surface area contributed by atoms with Crippen molar-refractivity contribution in [2.45, 2.75) is 6.54 Å². The summed E-state index contributed by atoms with van der Waals surface area (Å²) in [5.74, 6) is 0. The number of nitrogens with one attached hydrogen (secondary N) is 1. The van der Waals surface area contributed by atoms with Crippen molar-refractivity contribution in [1.82, 2.24) is 9.38 Å². The molecule has 0 aliphatic rings. The molecule has 0 aliphatic heterocycles. The Bertz CT molecular complexity index is 813. The first-order valence-corrected chi connectivity index (χ1v) is 6.57. The zero-order valence-electron chi connectivity index (χ0n) is 10.6. The van der Waals surface area contributed by atoms with E-state index >= 15 is 0 Å². The summed E-state index contributed by atoms with van der Waals surface area (Å²) in [7, 11) is 0. The van der Waals surface area contributed by atoms with E-state index in [2.05, 4.69) is 10.3 Å². The van der Waals surface area contributed by atoms with Gasteiger partial charge in [-0.1, -0.05) is 29.8 Å². The largest absolute Gasteiger partial charge is 0.378 e. The van der Waals surface area contributed by atoms with Crippen molar-refractivity contribution in [2.75, 3.05) is 5.32 Å². The fourth-order valence-corrected chi connectivity index (χ4v) is 2.19. The van der Waals surface area contributed by atoms with Gasteiger partial charge in [0.25, 0.3) is 5.56 Å². The highest BCUT2D eigenvalue weighted by Crippen LogP contribution is 2.20. The SMILES string of the molecule is O=c1cc(CNc2ccccc2Cl)nc2ccccn12. The van der Waals surface area contributed by atoms with E-state index in [1.165, 1.54) is 10.5 Å². The Morgan fingerprint density at radius 1 is 1.15 bits per heavy atom. The molecular weight excluding hydrogens is 274 g/mol. The molecule has 0 saturated heterocycles. The number of benzene rings is 1. The predicted molar refractivity (Wildman–Crippen MR) is 80.2 cm³/mol. The Morgan fingerprint density at radius 2 is 1.95 bits per heavy atom. The molecule has 2 heterocycles. The number of fused-ring (bicyclic) bond motifs is 1. The highest BCUT2D eigenvalue weighted by Gasteiger charge is 2.03. The lowest BCUT2D eigenvalue weighted by Gasteiger charge is -2.08. The van der Waals surface area contributed by atoms with Gasteiger partial charge < -0.3 is 5.32 Å². The molecule has 3 rings (SSSR count). The fraction of sp³-hybridized carbons (Fsp3) is 0.0667. The first-order valence-electron chi connectivity index (χ1n) is 6.20. The average molecular weight is 286 g/mol. The van der Waals surface area contributed by atoms with Crippen LogP contribution in [0.3, 0.4) is 0 Å². The van der Waals surface area contributed by atoms with Crippen LogP contribution < -0.4 is 10.9 Å². The molecule has 0 saturated carbocycles. The van der Waals surface area contributed by atoms with Gasteiger partial charge in [0.2, 0.25) is 0 Å². The van der Waals surface area contributed by atoms with Gasteiger partial charge in [0.05, 0.1) is 22.9 Å². The highest BCUT2D eigenvalue weighted by atomic mass is 35.5. The minimum absolute atomic E-state index is 0.0911. The molecule has 0 atom stereocenters. The van der Waals surface area contributed by atoms with Gasteiger partial charge in [0, 0.05) is 12.3 Å². The zero-order valence-corrected chi connectivity index (χ0v) is 11.3. The molecule has 4 nitrogen and oxygen atoms in total. The van der Waals surface area contributed by atoms with Gasteiger partial charge in [-0.15, -0.1) is 0 Å². The van der Waals surface area contributed by atoms with Crippen molar-refractivity contribution in [3.05, 3.63) is 75.8 Å². The van der Waals surface area contributed by atoms with Gasteiger partial charge in [0.15, 0.2) is 0 Å². The molecule has 2 aromatic heterocycles. The van der Waals surface area contributed by atoms with E-state index in [-0.39, 0.29) is 5.56 Å². The molecule has 3 aromatic rings. The molecule has 0 spiro atoms. The monoisotopic (exact) mass is 285 g/mol. The van der Waals surface area contributed by atoms with Crippen molar-refractivity contribution in [1.29, 1.82) is 0 Å². The van der Waals surface area contributed by atoms with E-state index in [1.54, 1.807) is 18.3 Å². The van der Waals surface area contributed by atoms with E-state index in [0.717, 1.165) is 5.69 Å². The molecule has 0 bridgehead atoms. The molecular formula is C15H12ClN3O. The van der Waals surface area contributed by atoms with Crippen LogP contribution in [-0.2, 0) is 6.54 Å². The van der Waals surface area contributed by atoms with Gasteiger partial charge in [-0.25, -0.2) is 4.98 Å². The quantitative estimate of drug-likeness (QED) is 0.805. The second-order valence-electron chi connectivity index (χ2n) is 4.35. The Labute approximate surface area is 120 Å². The number of aromatic nitrogens is 2. The van der Waals surface area contributed by atoms with Crippen molar-refractivity contribution >= 4 is 22.9 Å². The van der Waals surface area contributed by atoms with Gasteiger partial charge in [-0.2, -0.15) is 0 Å². The van der Waals surface area contributed by atoms with Crippen LogP contribution in [-0.4, -0.2) is 9.38 Å². The lowest BCUT2D eigenvalue weighted by atomic mass is 10.3. The number of hydrogen-bond acceptors (Lipinski definition) is 3. The molecule has 0 fully saturated rings. The summed E-state index contributed by atoms with van der Waals surface area (Å²) in [6.07, 6.45) is 1.70. The third-order valence-electron chi connectivity index (χ3n) is 2.96. The smallest absolute Gasteiger partial charge is 0.258 e. The maximum atomic E-state index is 11.9. The number of para-hydroxylation sites is 1. The number of halogens is 1. The van der Waals surface area contributed by atoms with Gasteiger partial charge >= 0.3 is 0 Å². The molecule has 0 amide bonds. The molecule has 1 N–H and O–H groups in total. The first kappa shape index (κ1) is 12.7. The lowest BCUT2D eigenvalue weighted by Crippen LogP contribution is -2.16. The predicted octanol–water partition coefficient (Wildman–Crippen LogP) is 2.96. The second-order valence-corrected chi connectivity index (χ2v) is 4.76. The van der Waals surface area contributed by atoms with Crippen molar-refractivity contribution < 1.29 is 0 Å². The molecule has 100 valence electrons. The van der Waals surface area contributed by atoms with Gasteiger partial charge in [-0.3, -0.25) is 9.20 Å². The van der Waals surface area contributed by atoms with E-state index in [0.29, 0.717) is 22.9 Å². The number of hydrogen-bond donors (Lipinski definition) is 1. The summed E-state index contributed by atoms with van der Waals surface area (Å²) >= 11 is 6.07. The van der Waals surface area contributed by atoms with E-state index in [1.807, 2.05) is 30.3 Å². The van der Waals surface area contributed by atoms with Crippen LogP contribution in [0.2, 0.25) is 5.02 Å². The van der Waals surface area contributed by atoms with Gasteiger partial charge in [0.1, 0.15) is 5.65 Å². The number of anilines is 1. The van der Waals surface area contributed by atoms with E-state index in [4.69, 9.17) is 11.6 Å². The summed E-state index contributed by atoms with van der Waals surface area (Å²) in [4.78, 5) is 16.4. The topological polar surface area (TPSA) is 46.4 Å². The Balaban J connectivity index is 1.88. The zero-order chi connectivity index (χ0) is 13.9. The number of rotatable bonds is 3. The Hall–Kier alpha value is -2.33. The standard InChI is InChI=1S/C15H12ClN3O/c16-12-5-1-2-6-13(12)17-10-11-9-15(20)19-8-4-3-7-14(19)18-11/h1-9,17H,10H2. The van der Waals surface area contributed by atoms with E-state index < -0.39 is 0 Å². The number of pyridine rings is 1. The minimum Gasteiger partial charge on any atom is -0.378 e. The summed E-state index contributed by atoms with van der Waals surface area (Å²) in [5, 5.41) is 3.82. The molecule has 0 unspecified atom stereocenters. The third-order valence-corrected chi connectivity index (χ3v) is 3.29. The maximum absolute atomic E-state index is 11.9. The molecule has 5 heteroatoms. The van der Waals surface area contributed by atoms with Crippen LogP contribution in [0.1, 0.15) is 5.69 Å². The van der Waals surface area contributed by atoms with Crippen LogP contribution in [0, 0.1) is 0 Å². The molecule has 0 aliphatic carbocycles. The van der Waals surface area contributed by atoms with Crippen molar-refractivity contribution in [3.8, 4) is 0 Å². The third kappa shape index (κ3) is 2.51. The van der Waals surface area contributed by atoms with Crippen LogP contribution in [0.15, 0.2) is 59.5 Å². The Morgan fingerprint density at radius 3 is 2.80 bits per heavy atom. The van der Waals surface area contributed by atoms with Crippen LogP contribution in [0.5, 0.6) is 0 Å². The van der Waals surface area contributed by atoms with Gasteiger partial charge in [-0.05, 0) is 24.3 Å². The number of nitrogens with zero attached hydrogens (tertiary/aromatic N) is 2. The van der Waals surface area contributed by atoms with Crippen LogP contribution in [0.25, 0.3) is 5.65 Å². The lowest BCUT2D eigenvalue weighted by molar-refractivity contribution is 0.971. The molecule has 0 radical (unpaired) electrons. The normalized spacial score (nSPS) is 10.7. The first-order chi connectivity index (χ1) is 9.74. The highest BCUT2D eigenvalue weighted by molar-refractivity contribution is 6.33. The summed E-state index contributed by atoms with van der Waals surface area (Å²) in [5.41, 5.74) is 2.05. The Kier molecular flexibility index (Phi) is 3.39. The average Bonchev–Trinajstić information content (AvgIpc) is 2.46. The minimum atomic E-state index is -0.0911. The molecule has 20 heavy (non-hydrogen) atoms.